The molecule has 0 fully saturated rings. The van der Waals surface area contributed by atoms with E-state index in [1.54, 1.807) is 24.3 Å². The largest absolute Gasteiger partial charge is 0.478 e. The zero-order valence-electron chi connectivity index (χ0n) is 8.07. The molecule has 0 amide bonds. The summed E-state index contributed by atoms with van der Waals surface area (Å²) in [7, 11) is 0. The van der Waals surface area contributed by atoms with Crippen molar-refractivity contribution in [2.24, 2.45) is 0 Å². The van der Waals surface area contributed by atoms with Crippen molar-refractivity contribution in [3.8, 4) is 0 Å². The minimum atomic E-state index is -1.09. The summed E-state index contributed by atoms with van der Waals surface area (Å²) in [6.45, 7) is 1.34. The average Bonchev–Trinajstić information content (AvgIpc) is 2.56. The second-order valence-electron chi connectivity index (χ2n) is 3.28. The highest BCUT2D eigenvalue weighted by Gasteiger charge is 2.19. The highest BCUT2D eigenvalue weighted by atomic mass is 16.4. The molecule has 0 saturated carbocycles. The fourth-order valence-corrected chi connectivity index (χ4v) is 1.63. The summed E-state index contributed by atoms with van der Waals surface area (Å²) in [6.07, 6.45) is 0. The van der Waals surface area contributed by atoms with Crippen LogP contribution in [0.4, 0.5) is 0 Å². The number of ketones is 1. The molecule has 1 aromatic carbocycles. The molecular formula is C11H9NO3. The van der Waals surface area contributed by atoms with Crippen LogP contribution in [-0.4, -0.2) is 21.8 Å². The second-order valence-corrected chi connectivity index (χ2v) is 3.28. The van der Waals surface area contributed by atoms with Crippen LogP contribution in [0, 0.1) is 0 Å². The lowest BCUT2D eigenvalue weighted by molar-refractivity contribution is 0.0694. The van der Waals surface area contributed by atoms with E-state index in [9.17, 15) is 9.59 Å². The Bertz CT molecular complexity index is 554. The van der Waals surface area contributed by atoms with Crippen molar-refractivity contribution in [2.75, 3.05) is 0 Å². The maximum absolute atomic E-state index is 11.2. The van der Waals surface area contributed by atoms with Crippen molar-refractivity contribution >= 4 is 22.7 Å². The van der Waals surface area contributed by atoms with Gasteiger partial charge in [0.05, 0.1) is 11.3 Å². The minimum absolute atomic E-state index is 0.0538. The number of aromatic amines is 1. The number of carboxylic acid groups (broad SMARTS) is 1. The van der Waals surface area contributed by atoms with Gasteiger partial charge in [-0.2, -0.15) is 0 Å². The number of Topliss-reactive ketones (excluding diaryl/α,β-unsaturated/α-hetero) is 1. The molecule has 2 N–H and O–H groups in total. The molecule has 15 heavy (non-hydrogen) atoms. The topological polar surface area (TPSA) is 70.2 Å². The fourth-order valence-electron chi connectivity index (χ4n) is 1.63. The van der Waals surface area contributed by atoms with Gasteiger partial charge in [0.1, 0.15) is 0 Å². The van der Waals surface area contributed by atoms with Crippen molar-refractivity contribution in [1.82, 2.24) is 4.98 Å². The molecule has 0 aliphatic rings. The molecule has 0 saturated heterocycles. The van der Waals surface area contributed by atoms with Gasteiger partial charge >= 0.3 is 5.97 Å². The molecule has 0 aliphatic carbocycles. The summed E-state index contributed by atoms with van der Waals surface area (Å²) >= 11 is 0. The van der Waals surface area contributed by atoms with Crippen LogP contribution >= 0.6 is 0 Å². The Labute approximate surface area is 85.5 Å². The Morgan fingerprint density at radius 3 is 2.53 bits per heavy atom. The van der Waals surface area contributed by atoms with Crippen molar-refractivity contribution in [3.05, 3.63) is 35.5 Å². The maximum Gasteiger partial charge on any atom is 0.338 e. The van der Waals surface area contributed by atoms with E-state index in [-0.39, 0.29) is 17.0 Å². The summed E-state index contributed by atoms with van der Waals surface area (Å²) in [6, 6.07) is 6.96. The number of carbonyl (C=O) groups is 2. The van der Waals surface area contributed by atoms with Gasteiger partial charge in [-0.3, -0.25) is 4.79 Å². The zero-order chi connectivity index (χ0) is 11.0. The Balaban J connectivity index is 2.86. The van der Waals surface area contributed by atoms with Gasteiger partial charge in [0, 0.05) is 17.8 Å². The van der Waals surface area contributed by atoms with Crippen LogP contribution in [0.5, 0.6) is 0 Å². The summed E-state index contributed by atoms with van der Waals surface area (Å²) in [4.78, 5) is 25.1. The number of para-hydroxylation sites is 1. The van der Waals surface area contributed by atoms with E-state index >= 15 is 0 Å². The lowest BCUT2D eigenvalue weighted by Gasteiger charge is -1.94. The third-order valence-electron chi connectivity index (χ3n) is 2.27. The van der Waals surface area contributed by atoms with Crippen LogP contribution in [0.25, 0.3) is 10.9 Å². The number of rotatable bonds is 2. The number of benzene rings is 1. The first kappa shape index (κ1) is 9.45. The summed E-state index contributed by atoms with van der Waals surface area (Å²) in [5.74, 6) is -1.36. The van der Waals surface area contributed by atoms with E-state index in [1.807, 2.05) is 0 Å². The van der Waals surface area contributed by atoms with Crippen molar-refractivity contribution in [3.63, 3.8) is 0 Å². The number of fused-ring (bicyclic) bond motifs is 1. The Hall–Kier alpha value is -2.10. The SMILES string of the molecule is CC(=O)c1[nH]c2ccccc2c1C(=O)O. The quantitative estimate of drug-likeness (QED) is 0.734. The molecule has 1 heterocycles. The zero-order valence-corrected chi connectivity index (χ0v) is 8.07. The molecule has 0 bridgehead atoms. The number of aromatic nitrogens is 1. The fraction of sp³-hybridized carbons (Fsp3) is 0.0909. The van der Waals surface area contributed by atoms with E-state index in [4.69, 9.17) is 5.11 Å². The number of hydrogen-bond donors (Lipinski definition) is 2. The first-order valence-electron chi connectivity index (χ1n) is 4.46. The van der Waals surface area contributed by atoms with Gasteiger partial charge in [-0.05, 0) is 6.07 Å². The van der Waals surface area contributed by atoms with E-state index < -0.39 is 5.97 Å². The highest BCUT2D eigenvalue weighted by molar-refractivity contribution is 6.13. The van der Waals surface area contributed by atoms with Gasteiger partial charge in [0.2, 0.25) is 0 Å². The summed E-state index contributed by atoms with van der Waals surface area (Å²) in [5, 5.41) is 9.59. The van der Waals surface area contributed by atoms with Crippen LogP contribution in [0.1, 0.15) is 27.8 Å². The molecule has 4 nitrogen and oxygen atoms in total. The maximum atomic E-state index is 11.2. The van der Waals surface area contributed by atoms with Gasteiger partial charge in [-0.25, -0.2) is 4.79 Å². The van der Waals surface area contributed by atoms with Gasteiger partial charge in [0.15, 0.2) is 5.78 Å². The predicted octanol–water partition coefficient (Wildman–Crippen LogP) is 2.07. The normalized spacial score (nSPS) is 10.5. The van der Waals surface area contributed by atoms with Gasteiger partial charge in [-0.15, -0.1) is 0 Å². The van der Waals surface area contributed by atoms with Gasteiger partial charge < -0.3 is 10.1 Å². The van der Waals surface area contributed by atoms with Crippen molar-refractivity contribution in [1.29, 1.82) is 0 Å². The second kappa shape index (κ2) is 3.24. The van der Waals surface area contributed by atoms with Crippen LogP contribution in [0.2, 0.25) is 0 Å². The monoisotopic (exact) mass is 203 g/mol. The number of hydrogen-bond acceptors (Lipinski definition) is 2. The highest BCUT2D eigenvalue weighted by Crippen LogP contribution is 2.22. The van der Waals surface area contributed by atoms with Crippen molar-refractivity contribution in [2.45, 2.75) is 6.92 Å². The van der Waals surface area contributed by atoms with Crippen LogP contribution in [0.15, 0.2) is 24.3 Å². The number of carbonyl (C=O) groups excluding carboxylic acids is 1. The van der Waals surface area contributed by atoms with E-state index in [2.05, 4.69) is 4.98 Å². The lowest BCUT2D eigenvalue weighted by atomic mass is 10.1. The molecule has 0 unspecified atom stereocenters. The standard InChI is InChI=1S/C11H9NO3/c1-6(13)10-9(11(14)15)7-4-2-3-5-8(7)12-10/h2-5,12H,1H3,(H,14,15). The minimum Gasteiger partial charge on any atom is -0.478 e. The average molecular weight is 203 g/mol. The Morgan fingerprint density at radius 2 is 1.93 bits per heavy atom. The first-order valence-corrected chi connectivity index (χ1v) is 4.46. The molecule has 0 radical (unpaired) electrons. The van der Waals surface area contributed by atoms with Crippen LogP contribution in [-0.2, 0) is 0 Å². The Morgan fingerprint density at radius 1 is 1.27 bits per heavy atom. The van der Waals surface area contributed by atoms with Gasteiger partial charge in [0.25, 0.3) is 0 Å². The molecule has 76 valence electrons. The van der Waals surface area contributed by atoms with Gasteiger partial charge in [-0.1, -0.05) is 18.2 Å². The first-order chi connectivity index (χ1) is 7.11. The molecule has 0 spiro atoms. The molecule has 0 aliphatic heterocycles. The molecular weight excluding hydrogens is 194 g/mol. The van der Waals surface area contributed by atoms with Crippen LogP contribution in [0.3, 0.4) is 0 Å². The molecule has 0 atom stereocenters. The molecule has 2 rings (SSSR count). The molecule has 1 aromatic heterocycles. The van der Waals surface area contributed by atoms with Crippen LogP contribution < -0.4 is 0 Å². The number of H-pyrrole nitrogens is 1. The third-order valence-corrected chi connectivity index (χ3v) is 2.27. The van der Waals surface area contributed by atoms with E-state index in [0.717, 1.165) is 0 Å². The van der Waals surface area contributed by atoms with Crippen molar-refractivity contribution < 1.29 is 14.7 Å². The Kier molecular flexibility index (Phi) is 2.04. The molecule has 4 heteroatoms. The summed E-state index contributed by atoms with van der Waals surface area (Å²) in [5.41, 5.74) is 0.877. The number of carboxylic acids is 1. The predicted molar refractivity (Wildman–Crippen MR) is 55.3 cm³/mol. The molecule has 2 aromatic rings. The smallest absolute Gasteiger partial charge is 0.338 e. The summed E-state index contributed by atoms with van der Waals surface area (Å²) < 4.78 is 0. The van der Waals surface area contributed by atoms with E-state index in [1.165, 1.54) is 6.92 Å². The number of aromatic carboxylic acids is 1. The number of nitrogens with one attached hydrogen (secondary N) is 1. The third kappa shape index (κ3) is 1.40. The van der Waals surface area contributed by atoms with E-state index in [0.29, 0.717) is 10.9 Å². The lowest BCUT2D eigenvalue weighted by Crippen LogP contribution is -2.04.